The molecule has 2 nitrogen and oxygen atoms in total. The Bertz CT molecular complexity index is 224. The fourth-order valence-electron chi connectivity index (χ4n) is 2.80. The molecule has 2 unspecified atom stereocenters. The van der Waals surface area contributed by atoms with Gasteiger partial charge < -0.3 is 10.2 Å². The lowest BCUT2D eigenvalue weighted by molar-refractivity contribution is 0.116. The average Bonchev–Trinajstić information content (AvgIpc) is 2.75. The molecule has 16 heavy (non-hydrogen) atoms. The third kappa shape index (κ3) is 2.72. The van der Waals surface area contributed by atoms with E-state index < -0.39 is 0 Å². The minimum atomic E-state index is 0.287. The normalized spacial score (nSPS) is 33.9. The van der Waals surface area contributed by atoms with Crippen molar-refractivity contribution < 1.29 is 0 Å². The zero-order chi connectivity index (χ0) is 11.6. The summed E-state index contributed by atoms with van der Waals surface area (Å²) in [4.78, 5) is 2.58. The number of hydrogen-bond acceptors (Lipinski definition) is 2. The predicted octanol–water partition coefficient (Wildman–Crippen LogP) is 2.47. The first-order valence-electron chi connectivity index (χ1n) is 6.70. The van der Waals surface area contributed by atoms with Crippen LogP contribution in [0.3, 0.4) is 0 Å². The molecule has 1 saturated heterocycles. The lowest BCUT2D eigenvalue weighted by Gasteiger charge is -2.49. The highest BCUT2D eigenvalue weighted by molar-refractivity contribution is 6.21. The molecule has 0 radical (unpaired) electrons. The Labute approximate surface area is 105 Å². The first-order valence-corrected chi connectivity index (χ1v) is 7.14. The van der Waals surface area contributed by atoms with Gasteiger partial charge in [-0.3, -0.25) is 0 Å². The lowest BCUT2D eigenvalue weighted by atomic mass is 9.67. The van der Waals surface area contributed by atoms with Crippen molar-refractivity contribution >= 4 is 11.6 Å². The van der Waals surface area contributed by atoms with Crippen LogP contribution in [0.1, 0.15) is 39.5 Å². The highest BCUT2D eigenvalue weighted by Gasteiger charge is 2.46. The molecule has 0 amide bonds. The standard InChI is InChI=1S/C13H25ClN2/c1-13(2)11(14)10-12(13)15-6-5-9-16-7-3-4-8-16/h11-12,15H,3-10H2,1-2H3. The molecule has 1 saturated carbocycles. The van der Waals surface area contributed by atoms with Crippen LogP contribution < -0.4 is 5.32 Å². The Morgan fingerprint density at radius 2 is 2.00 bits per heavy atom. The van der Waals surface area contributed by atoms with Crippen LogP contribution in [-0.4, -0.2) is 42.5 Å². The molecule has 1 aliphatic carbocycles. The number of nitrogens with one attached hydrogen (secondary N) is 1. The second-order valence-corrected chi connectivity index (χ2v) is 6.46. The zero-order valence-corrected chi connectivity index (χ0v) is 11.4. The summed E-state index contributed by atoms with van der Waals surface area (Å²) in [6.45, 7) is 9.59. The summed E-state index contributed by atoms with van der Waals surface area (Å²) in [7, 11) is 0. The van der Waals surface area contributed by atoms with E-state index in [0.29, 0.717) is 11.4 Å². The van der Waals surface area contributed by atoms with Crippen molar-refractivity contribution in [2.75, 3.05) is 26.2 Å². The van der Waals surface area contributed by atoms with Gasteiger partial charge in [-0.1, -0.05) is 13.8 Å². The molecule has 1 N–H and O–H groups in total. The average molecular weight is 245 g/mol. The Morgan fingerprint density at radius 3 is 2.56 bits per heavy atom. The Balaban J connectivity index is 1.55. The minimum Gasteiger partial charge on any atom is -0.313 e. The quantitative estimate of drug-likeness (QED) is 0.591. The van der Waals surface area contributed by atoms with E-state index in [4.69, 9.17) is 11.6 Å². The van der Waals surface area contributed by atoms with Crippen LogP contribution in [0, 0.1) is 5.41 Å². The number of likely N-dealkylation sites (tertiary alicyclic amines) is 1. The zero-order valence-electron chi connectivity index (χ0n) is 10.6. The Hall–Kier alpha value is 0.210. The maximum atomic E-state index is 6.20. The van der Waals surface area contributed by atoms with Gasteiger partial charge in [0.15, 0.2) is 0 Å². The smallest absolute Gasteiger partial charge is 0.0416 e. The number of nitrogens with zero attached hydrogens (tertiary/aromatic N) is 1. The van der Waals surface area contributed by atoms with E-state index in [-0.39, 0.29) is 5.41 Å². The van der Waals surface area contributed by atoms with Crippen molar-refractivity contribution in [3.8, 4) is 0 Å². The van der Waals surface area contributed by atoms with Gasteiger partial charge >= 0.3 is 0 Å². The van der Waals surface area contributed by atoms with Gasteiger partial charge in [-0.25, -0.2) is 0 Å². The highest BCUT2D eigenvalue weighted by atomic mass is 35.5. The predicted molar refractivity (Wildman–Crippen MR) is 70.1 cm³/mol. The molecular weight excluding hydrogens is 220 g/mol. The van der Waals surface area contributed by atoms with Gasteiger partial charge in [-0.2, -0.15) is 0 Å². The summed E-state index contributed by atoms with van der Waals surface area (Å²) >= 11 is 6.20. The third-order valence-corrected chi connectivity index (χ3v) is 5.13. The maximum absolute atomic E-state index is 6.20. The molecule has 2 rings (SSSR count). The van der Waals surface area contributed by atoms with Crippen molar-refractivity contribution in [1.82, 2.24) is 10.2 Å². The van der Waals surface area contributed by atoms with Crippen LogP contribution in [0.5, 0.6) is 0 Å². The lowest BCUT2D eigenvalue weighted by Crippen LogP contribution is -2.58. The van der Waals surface area contributed by atoms with Crippen molar-refractivity contribution in [3.05, 3.63) is 0 Å². The molecule has 2 aliphatic rings. The third-order valence-electron chi connectivity index (χ3n) is 4.39. The van der Waals surface area contributed by atoms with Crippen LogP contribution >= 0.6 is 11.6 Å². The van der Waals surface area contributed by atoms with Gasteiger partial charge in [0.1, 0.15) is 0 Å². The summed E-state index contributed by atoms with van der Waals surface area (Å²) in [5.74, 6) is 0. The number of rotatable bonds is 5. The van der Waals surface area contributed by atoms with Gasteiger partial charge in [0.25, 0.3) is 0 Å². The van der Waals surface area contributed by atoms with Crippen LogP contribution in [0.25, 0.3) is 0 Å². The van der Waals surface area contributed by atoms with Crippen LogP contribution in [0.2, 0.25) is 0 Å². The maximum Gasteiger partial charge on any atom is 0.0416 e. The van der Waals surface area contributed by atoms with E-state index >= 15 is 0 Å². The van der Waals surface area contributed by atoms with Gasteiger partial charge in [-0.05, 0) is 57.3 Å². The summed E-state index contributed by atoms with van der Waals surface area (Å²) in [5.41, 5.74) is 0.287. The molecule has 1 aliphatic heterocycles. The second-order valence-electron chi connectivity index (χ2n) is 5.93. The molecule has 0 aromatic rings. The summed E-state index contributed by atoms with van der Waals surface area (Å²) in [5, 5.41) is 4.02. The van der Waals surface area contributed by atoms with E-state index in [1.165, 1.54) is 38.9 Å². The largest absolute Gasteiger partial charge is 0.313 e. The van der Waals surface area contributed by atoms with Crippen molar-refractivity contribution in [1.29, 1.82) is 0 Å². The molecule has 2 fully saturated rings. The van der Waals surface area contributed by atoms with Crippen LogP contribution in [0.15, 0.2) is 0 Å². The SMILES string of the molecule is CC1(C)C(Cl)CC1NCCCN1CCCC1. The van der Waals surface area contributed by atoms with Crippen molar-refractivity contribution in [2.45, 2.75) is 50.9 Å². The molecule has 94 valence electrons. The van der Waals surface area contributed by atoms with Gasteiger partial charge in [-0.15, -0.1) is 11.6 Å². The van der Waals surface area contributed by atoms with Gasteiger partial charge in [0.2, 0.25) is 0 Å². The fraction of sp³-hybridized carbons (Fsp3) is 1.00. The Kier molecular flexibility index (Phi) is 4.15. The number of halogens is 1. The van der Waals surface area contributed by atoms with Gasteiger partial charge in [0, 0.05) is 11.4 Å². The molecule has 0 bridgehead atoms. The molecular formula is C13H25ClN2. The van der Waals surface area contributed by atoms with E-state index in [1.807, 2.05) is 0 Å². The molecule has 1 heterocycles. The number of alkyl halides is 1. The Morgan fingerprint density at radius 1 is 1.31 bits per heavy atom. The topological polar surface area (TPSA) is 15.3 Å². The van der Waals surface area contributed by atoms with Crippen molar-refractivity contribution in [2.24, 2.45) is 5.41 Å². The number of hydrogen-bond donors (Lipinski definition) is 1. The molecule has 0 aromatic carbocycles. The van der Waals surface area contributed by atoms with E-state index in [2.05, 4.69) is 24.1 Å². The van der Waals surface area contributed by atoms with E-state index in [1.54, 1.807) is 0 Å². The monoisotopic (exact) mass is 244 g/mol. The molecule has 0 spiro atoms. The summed E-state index contributed by atoms with van der Waals surface area (Å²) in [6, 6.07) is 0.633. The molecule has 2 atom stereocenters. The highest BCUT2D eigenvalue weighted by Crippen LogP contribution is 2.44. The molecule has 3 heteroatoms. The first kappa shape index (κ1) is 12.7. The van der Waals surface area contributed by atoms with E-state index in [9.17, 15) is 0 Å². The fourth-order valence-corrected chi connectivity index (χ4v) is 3.13. The van der Waals surface area contributed by atoms with E-state index in [0.717, 1.165) is 13.0 Å². The minimum absolute atomic E-state index is 0.287. The van der Waals surface area contributed by atoms with Crippen LogP contribution in [-0.2, 0) is 0 Å². The van der Waals surface area contributed by atoms with Gasteiger partial charge in [0.05, 0.1) is 0 Å². The van der Waals surface area contributed by atoms with Crippen LogP contribution in [0.4, 0.5) is 0 Å². The molecule has 0 aromatic heterocycles. The second kappa shape index (κ2) is 5.24. The summed E-state index contributed by atoms with van der Waals surface area (Å²) < 4.78 is 0. The van der Waals surface area contributed by atoms with Crippen molar-refractivity contribution in [3.63, 3.8) is 0 Å². The first-order chi connectivity index (χ1) is 7.60. The summed E-state index contributed by atoms with van der Waals surface area (Å²) in [6.07, 6.45) is 5.21.